The van der Waals surface area contributed by atoms with E-state index in [9.17, 15) is 14.0 Å². The maximum absolute atomic E-state index is 13.5. The fourth-order valence-electron chi connectivity index (χ4n) is 5.49. The van der Waals surface area contributed by atoms with Gasteiger partial charge >= 0.3 is 0 Å². The van der Waals surface area contributed by atoms with Gasteiger partial charge in [-0.3, -0.25) is 9.59 Å². The van der Waals surface area contributed by atoms with Gasteiger partial charge in [0.2, 0.25) is 5.91 Å². The molecule has 0 spiro atoms. The lowest BCUT2D eigenvalue weighted by Gasteiger charge is -2.39. The first-order valence-corrected chi connectivity index (χ1v) is 12.4. The van der Waals surface area contributed by atoms with Crippen LogP contribution in [0.2, 0.25) is 0 Å². The molecule has 0 saturated carbocycles. The molecule has 3 aromatic carbocycles. The van der Waals surface area contributed by atoms with E-state index in [1.165, 1.54) is 12.1 Å². The summed E-state index contributed by atoms with van der Waals surface area (Å²) >= 11 is 0. The molecule has 1 atom stereocenters. The van der Waals surface area contributed by atoms with Crippen molar-refractivity contribution < 1.29 is 18.7 Å². The number of amides is 2. The third-order valence-corrected chi connectivity index (χ3v) is 7.61. The van der Waals surface area contributed by atoms with Crippen molar-refractivity contribution in [3.05, 3.63) is 83.7 Å². The summed E-state index contributed by atoms with van der Waals surface area (Å²) in [5, 5.41) is 5.15. The third kappa shape index (κ3) is 4.94. The molecule has 1 unspecified atom stereocenters. The molecule has 3 aromatic rings. The smallest absolute Gasteiger partial charge is 0.254 e. The topological polar surface area (TPSA) is 58.6 Å². The molecule has 5 rings (SSSR count). The fraction of sp³-hybridized carbons (Fsp3) is 0.379. The van der Waals surface area contributed by atoms with Crippen molar-refractivity contribution in [2.75, 3.05) is 32.8 Å². The van der Waals surface area contributed by atoms with Crippen molar-refractivity contribution in [1.82, 2.24) is 10.2 Å². The number of rotatable bonds is 5. The SMILES string of the molecule is O=C(NCC1(c2ccc(F)cc2)CCOCC1)C1CCCN(C(=O)c2cccc3ccccc23)C1. The third-order valence-electron chi connectivity index (χ3n) is 7.61. The molecule has 0 aromatic heterocycles. The summed E-state index contributed by atoms with van der Waals surface area (Å²) in [7, 11) is 0. The quantitative estimate of drug-likeness (QED) is 0.583. The van der Waals surface area contributed by atoms with Gasteiger partial charge in [-0.05, 0) is 60.2 Å². The minimum atomic E-state index is -0.269. The van der Waals surface area contributed by atoms with Crippen LogP contribution in [0.25, 0.3) is 10.8 Å². The Morgan fingerprint density at radius 1 is 1.00 bits per heavy atom. The number of fused-ring (bicyclic) bond motifs is 1. The van der Waals surface area contributed by atoms with E-state index in [-0.39, 0.29) is 29.0 Å². The van der Waals surface area contributed by atoms with Gasteiger partial charge in [-0.2, -0.15) is 0 Å². The van der Waals surface area contributed by atoms with E-state index in [0.717, 1.165) is 42.0 Å². The van der Waals surface area contributed by atoms with Crippen LogP contribution in [-0.2, 0) is 14.9 Å². The van der Waals surface area contributed by atoms with Crippen LogP contribution in [0.5, 0.6) is 0 Å². The summed E-state index contributed by atoms with van der Waals surface area (Å²) in [6, 6.07) is 20.3. The van der Waals surface area contributed by atoms with Gasteiger partial charge in [0.15, 0.2) is 0 Å². The number of ether oxygens (including phenoxy) is 1. The monoisotopic (exact) mass is 474 g/mol. The maximum Gasteiger partial charge on any atom is 0.254 e. The second kappa shape index (κ2) is 10.2. The lowest BCUT2D eigenvalue weighted by molar-refractivity contribution is -0.126. The van der Waals surface area contributed by atoms with Crippen LogP contribution in [-0.4, -0.2) is 49.6 Å². The lowest BCUT2D eigenvalue weighted by Crippen LogP contribution is -2.49. The van der Waals surface area contributed by atoms with Gasteiger partial charge in [-0.15, -0.1) is 0 Å². The number of hydrogen-bond acceptors (Lipinski definition) is 3. The minimum Gasteiger partial charge on any atom is -0.381 e. The van der Waals surface area contributed by atoms with E-state index in [0.29, 0.717) is 38.4 Å². The predicted octanol–water partition coefficient (Wildman–Crippen LogP) is 4.70. The zero-order valence-corrected chi connectivity index (χ0v) is 19.8. The molecule has 2 fully saturated rings. The number of nitrogens with one attached hydrogen (secondary N) is 1. The van der Waals surface area contributed by atoms with E-state index in [4.69, 9.17) is 4.74 Å². The number of nitrogens with zero attached hydrogens (tertiary/aromatic N) is 1. The highest BCUT2D eigenvalue weighted by atomic mass is 19.1. The molecule has 182 valence electrons. The number of hydrogen-bond donors (Lipinski definition) is 1. The minimum absolute atomic E-state index is 0.0200. The van der Waals surface area contributed by atoms with Crippen molar-refractivity contribution in [1.29, 1.82) is 0 Å². The molecule has 2 aliphatic heterocycles. The Hall–Kier alpha value is -3.25. The number of benzene rings is 3. The number of carbonyl (C=O) groups excluding carboxylic acids is 2. The first-order chi connectivity index (χ1) is 17.1. The average molecular weight is 475 g/mol. The molecule has 5 nitrogen and oxygen atoms in total. The molecule has 0 radical (unpaired) electrons. The van der Waals surface area contributed by atoms with E-state index in [1.807, 2.05) is 59.5 Å². The van der Waals surface area contributed by atoms with Crippen LogP contribution in [0.15, 0.2) is 66.7 Å². The molecule has 0 aliphatic carbocycles. The number of piperidine rings is 1. The summed E-state index contributed by atoms with van der Waals surface area (Å²) in [6.45, 7) is 2.78. The Kier molecular flexibility index (Phi) is 6.82. The van der Waals surface area contributed by atoms with Crippen molar-refractivity contribution in [2.24, 2.45) is 5.92 Å². The van der Waals surface area contributed by atoms with E-state index < -0.39 is 0 Å². The molecule has 2 heterocycles. The summed E-state index contributed by atoms with van der Waals surface area (Å²) in [5.74, 6) is -0.550. The van der Waals surface area contributed by atoms with Gasteiger partial charge in [-0.25, -0.2) is 4.39 Å². The van der Waals surface area contributed by atoms with Gasteiger partial charge < -0.3 is 15.0 Å². The van der Waals surface area contributed by atoms with Crippen molar-refractivity contribution in [3.8, 4) is 0 Å². The fourth-order valence-corrected chi connectivity index (χ4v) is 5.49. The van der Waals surface area contributed by atoms with Crippen molar-refractivity contribution >= 4 is 22.6 Å². The Morgan fingerprint density at radius 3 is 2.54 bits per heavy atom. The Bertz CT molecular complexity index is 1200. The highest BCUT2D eigenvalue weighted by molar-refractivity contribution is 6.07. The van der Waals surface area contributed by atoms with Crippen LogP contribution in [0.1, 0.15) is 41.6 Å². The normalized spacial score (nSPS) is 19.9. The Balaban J connectivity index is 1.27. The zero-order chi connectivity index (χ0) is 24.3. The van der Waals surface area contributed by atoms with E-state index in [1.54, 1.807) is 0 Å². The zero-order valence-electron chi connectivity index (χ0n) is 19.8. The lowest BCUT2D eigenvalue weighted by atomic mass is 9.74. The Morgan fingerprint density at radius 2 is 1.74 bits per heavy atom. The molecule has 35 heavy (non-hydrogen) atoms. The second-order valence-electron chi connectivity index (χ2n) is 9.73. The molecule has 2 amide bonds. The van der Waals surface area contributed by atoms with E-state index >= 15 is 0 Å². The van der Waals surface area contributed by atoms with Crippen molar-refractivity contribution in [3.63, 3.8) is 0 Å². The van der Waals surface area contributed by atoms with Gasteiger partial charge in [0, 0.05) is 43.8 Å². The molecular weight excluding hydrogens is 443 g/mol. The molecule has 2 saturated heterocycles. The van der Waals surface area contributed by atoms with Gasteiger partial charge in [0.1, 0.15) is 5.82 Å². The van der Waals surface area contributed by atoms with Crippen molar-refractivity contribution in [2.45, 2.75) is 31.1 Å². The van der Waals surface area contributed by atoms with Crippen LogP contribution >= 0.6 is 0 Å². The van der Waals surface area contributed by atoms with Crippen LogP contribution < -0.4 is 5.32 Å². The van der Waals surface area contributed by atoms with Gasteiger partial charge in [0.25, 0.3) is 5.91 Å². The molecular formula is C29H31FN2O3. The molecule has 1 N–H and O–H groups in total. The first kappa shape index (κ1) is 23.5. The van der Waals surface area contributed by atoms with Crippen LogP contribution in [0.4, 0.5) is 4.39 Å². The molecule has 2 aliphatic rings. The number of likely N-dealkylation sites (tertiary alicyclic amines) is 1. The highest BCUT2D eigenvalue weighted by Crippen LogP contribution is 2.34. The molecule has 6 heteroatoms. The standard InChI is InChI=1S/C29H31FN2O3/c30-24-12-10-23(11-13-24)29(14-17-35-18-15-29)20-31-27(33)22-7-4-16-32(19-22)28(34)26-9-3-6-21-5-1-2-8-25(21)26/h1-3,5-6,8-13,22H,4,7,14-20H2,(H,31,33). The number of carbonyl (C=O) groups is 2. The summed E-state index contributed by atoms with van der Waals surface area (Å²) in [4.78, 5) is 28.5. The summed E-state index contributed by atoms with van der Waals surface area (Å²) in [5.41, 5.74) is 1.44. The maximum atomic E-state index is 13.5. The predicted molar refractivity (Wildman–Crippen MR) is 134 cm³/mol. The Labute approximate surface area is 205 Å². The largest absolute Gasteiger partial charge is 0.381 e. The average Bonchev–Trinajstić information content (AvgIpc) is 2.92. The number of halogens is 1. The summed E-state index contributed by atoms with van der Waals surface area (Å²) in [6.07, 6.45) is 3.11. The second-order valence-corrected chi connectivity index (χ2v) is 9.73. The first-order valence-electron chi connectivity index (χ1n) is 12.4. The van der Waals surface area contributed by atoms with Gasteiger partial charge in [-0.1, -0.05) is 48.5 Å². The summed E-state index contributed by atoms with van der Waals surface area (Å²) < 4.78 is 19.1. The van der Waals surface area contributed by atoms with Crippen LogP contribution in [0, 0.1) is 11.7 Å². The van der Waals surface area contributed by atoms with Gasteiger partial charge in [0.05, 0.1) is 5.92 Å². The van der Waals surface area contributed by atoms with Crippen LogP contribution in [0.3, 0.4) is 0 Å². The van der Waals surface area contributed by atoms with E-state index in [2.05, 4.69) is 5.32 Å². The molecule has 0 bridgehead atoms. The highest BCUT2D eigenvalue weighted by Gasteiger charge is 2.36.